The van der Waals surface area contributed by atoms with Gasteiger partial charge in [0.05, 0.1) is 5.56 Å². The van der Waals surface area contributed by atoms with E-state index < -0.39 is 18.1 Å². The van der Waals surface area contributed by atoms with E-state index in [1.807, 2.05) is 13.8 Å². The number of benzene rings is 1. The van der Waals surface area contributed by atoms with Crippen LogP contribution in [0, 0.1) is 6.92 Å². The van der Waals surface area contributed by atoms with Crippen molar-refractivity contribution >= 4 is 22.6 Å². The van der Waals surface area contributed by atoms with Gasteiger partial charge in [0.25, 0.3) is 5.91 Å². The number of amides is 1. The number of rotatable bonds is 7. The summed E-state index contributed by atoms with van der Waals surface area (Å²) in [6, 6.07) is 7.60. The first-order chi connectivity index (χ1) is 13.6. The lowest BCUT2D eigenvalue weighted by Gasteiger charge is -2.15. The average Bonchev–Trinajstić information content (AvgIpc) is 3.19. The summed E-state index contributed by atoms with van der Waals surface area (Å²) in [5.74, 6) is 0.882. The molecule has 0 saturated heterocycles. The van der Waals surface area contributed by atoms with Gasteiger partial charge in [-0.2, -0.15) is 13.2 Å². The number of nitrogens with one attached hydrogen (secondary N) is 1. The summed E-state index contributed by atoms with van der Waals surface area (Å²) in [6.45, 7) is 2.44. The molecule has 0 fully saturated rings. The molecule has 0 unspecified atom stereocenters. The standard InChI is InChI=1S/C19H20F2N4O3S/c1-10-13(16(26)24-18-23-15(25-29-18)9-19(2,3)22)8-14(27-10)11-5-4-6-12(7-11)28-17(20)21/h4-8,17H,9,22H2,1-3H3,(H,23,24,25,26). The first-order valence-electron chi connectivity index (χ1n) is 8.69. The number of ether oxygens (including phenoxy) is 1. The van der Waals surface area contributed by atoms with Crippen molar-refractivity contribution in [2.24, 2.45) is 5.73 Å². The zero-order valence-corrected chi connectivity index (χ0v) is 16.8. The van der Waals surface area contributed by atoms with E-state index >= 15 is 0 Å². The lowest BCUT2D eigenvalue weighted by Crippen LogP contribution is -2.34. The summed E-state index contributed by atoms with van der Waals surface area (Å²) >= 11 is 1.06. The number of nitrogens with two attached hydrogens (primary N) is 1. The minimum absolute atomic E-state index is 0.00164. The molecular weight excluding hydrogens is 402 g/mol. The molecule has 1 amide bonds. The lowest BCUT2D eigenvalue weighted by molar-refractivity contribution is -0.0498. The SMILES string of the molecule is Cc1oc(-c2cccc(OC(F)F)c2)cc1C(=O)Nc1nc(CC(C)(C)N)ns1. The number of alkyl halides is 2. The number of carbonyl (C=O) groups is 1. The fourth-order valence-electron chi connectivity index (χ4n) is 2.62. The van der Waals surface area contributed by atoms with Crippen LogP contribution in [0.2, 0.25) is 0 Å². The van der Waals surface area contributed by atoms with Crippen molar-refractivity contribution in [1.29, 1.82) is 0 Å². The normalized spacial score (nSPS) is 11.7. The zero-order chi connectivity index (χ0) is 21.2. The summed E-state index contributed by atoms with van der Waals surface area (Å²) in [4.78, 5) is 16.9. The Morgan fingerprint density at radius 3 is 2.83 bits per heavy atom. The zero-order valence-electron chi connectivity index (χ0n) is 16.0. The maximum atomic E-state index is 12.6. The number of aromatic nitrogens is 2. The van der Waals surface area contributed by atoms with E-state index in [-0.39, 0.29) is 5.75 Å². The Kier molecular flexibility index (Phi) is 5.94. The van der Waals surface area contributed by atoms with Gasteiger partial charge in [0.15, 0.2) is 0 Å². The van der Waals surface area contributed by atoms with Crippen LogP contribution in [0.25, 0.3) is 11.3 Å². The summed E-state index contributed by atoms with van der Waals surface area (Å²) in [6.07, 6.45) is 0.477. The van der Waals surface area contributed by atoms with E-state index in [2.05, 4.69) is 19.4 Å². The van der Waals surface area contributed by atoms with Gasteiger partial charge in [-0.1, -0.05) is 12.1 Å². The highest BCUT2D eigenvalue weighted by Gasteiger charge is 2.20. The Bertz CT molecular complexity index is 1010. The molecule has 2 aromatic heterocycles. The highest BCUT2D eigenvalue weighted by Crippen LogP contribution is 2.29. The van der Waals surface area contributed by atoms with Gasteiger partial charge >= 0.3 is 6.61 Å². The Labute approximate surface area is 170 Å². The molecule has 0 spiro atoms. The van der Waals surface area contributed by atoms with Gasteiger partial charge in [-0.05, 0) is 39.0 Å². The maximum absolute atomic E-state index is 12.6. The second-order valence-electron chi connectivity index (χ2n) is 7.12. The summed E-state index contributed by atoms with van der Waals surface area (Å²) in [5, 5.41) is 3.04. The molecule has 7 nitrogen and oxygen atoms in total. The first kappa shape index (κ1) is 20.9. The number of nitrogens with zero attached hydrogens (tertiary/aromatic N) is 2. The summed E-state index contributed by atoms with van der Waals surface area (Å²) < 4.78 is 39.1. The molecule has 3 aromatic rings. The molecule has 0 saturated carbocycles. The summed E-state index contributed by atoms with van der Waals surface area (Å²) in [7, 11) is 0. The number of hydrogen-bond donors (Lipinski definition) is 2. The van der Waals surface area contributed by atoms with Crippen molar-refractivity contribution in [3.8, 4) is 17.1 Å². The Morgan fingerprint density at radius 1 is 1.38 bits per heavy atom. The average molecular weight is 422 g/mol. The third kappa shape index (κ3) is 5.58. The molecule has 0 aliphatic carbocycles. The highest BCUT2D eigenvalue weighted by molar-refractivity contribution is 7.09. The van der Waals surface area contributed by atoms with Crippen molar-refractivity contribution in [3.63, 3.8) is 0 Å². The van der Waals surface area contributed by atoms with Gasteiger partial charge in [-0.3, -0.25) is 10.1 Å². The van der Waals surface area contributed by atoms with E-state index in [0.29, 0.717) is 40.0 Å². The highest BCUT2D eigenvalue weighted by atomic mass is 32.1. The number of halogens is 2. The van der Waals surface area contributed by atoms with Crippen molar-refractivity contribution < 1.29 is 22.7 Å². The van der Waals surface area contributed by atoms with E-state index in [9.17, 15) is 13.6 Å². The number of hydrogen-bond acceptors (Lipinski definition) is 7. The smallest absolute Gasteiger partial charge is 0.387 e. The van der Waals surface area contributed by atoms with Crippen LogP contribution < -0.4 is 15.8 Å². The van der Waals surface area contributed by atoms with E-state index in [4.69, 9.17) is 10.2 Å². The second-order valence-corrected chi connectivity index (χ2v) is 7.87. The second kappa shape index (κ2) is 8.26. The van der Waals surface area contributed by atoms with Gasteiger partial charge in [-0.25, -0.2) is 4.98 Å². The predicted molar refractivity (Wildman–Crippen MR) is 105 cm³/mol. The van der Waals surface area contributed by atoms with Crippen LogP contribution in [0.15, 0.2) is 34.7 Å². The van der Waals surface area contributed by atoms with Crippen LogP contribution in [-0.2, 0) is 6.42 Å². The largest absolute Gasteiger partial charge is 0.461 e. The molecule has 154 valence electrons. The quantitative estimate of drug-likeness (QED) is 0.590. The van der Waals surface area contributed by atoms with E-state index in [0.717, 1.165) is 11.5 Å². The Balaban J connectivity index is 1.76. The third-order valence-corrected chi connectivity index (χ3v) is 4.48. The van der Waals surface area contributed by atoms with E-state index in [1.165, 1.54) is 18.2 Å². The van der Waals surface area contributed by atoms with Crippen LogP contribution in [0.1, 0.15) is 35.8 Å². The monoisotopic (exact) mass is 422 g/mol. The Morgan fingerprint density at radius 2 is 2.14 bits per heavy atom. The van der Waals surface area contributed by atoms with Crippen LogP contribution in [0.3, 0.4) is 0 Å². The van der Waals surface area contributed by atoms with Crippen molar-refractivity contribution in [2.75, 3.05) is 5.32 Å². The van der Waals surface area contributed by atoms with Gasteiger partial charge in [0, 0.05) is 29.1 Å². The first-order valence-corrected chi connectivity index (χ1v) is 9.46. The van der Waals surface area contributed by atoms with Crippen LogP contribution in [0.5, 0.6) is 5.75 Å². The molecule has 0 bridgehead atoms. The van der Waals surface area contributed by atoms with Gasteiger partial charge in [0.2, 0.25) is 5.13 Å². The minimum Gasteiger partial charge on any atom is -0.461 e. The number of carbonyl (C=O) groups excluding carboxylic acids is 1. The molecule has 3 N–H and O–H groups in total. The van der Waals surface area contributed by atoms with E-state index in [1.54, 1.807) is 19.1 Å². The van der Waals surface area contributed by atoms with Crippen LogP contribution >= 0.6 is 11.5 Å². The molecule has 0 atom stereocenters. The minimum atomic E-state index is -2.92. The molecule has 2 heterocycles. The number of anilines is 1. The predicted octanol–water partition coefficient (Wildman–Crippen LogP) is 4.24. The molecule has 29 heavy (non-hydrogen) atoms. The molecule has 0 aliphatic rings. The molecule has 0 radical (unpaired) electrons. The van der Waals surface area contributed by atoms with Crippen LogP contribution in [0.4, 0.5) is 13.9 Å². The van der Waals surface area contributed by atoms with Crippen molar-refractivity contribution in [3.05, 3.63) is 47.5 Å². The maximum Gasteiger partial charge on any atom is 0.387 e. The van der Waals surface area contributed by atoms with Crippen molar-refractivity contribution in [1.82, 2.24) is 9.36 Å². The van der Waals surface area contributed by atoms with Crippen molar-refractivity contribution in [2.45, 2.75) is 39.3 Å². The molecule has 10 heteroatoms. The molecule has 0 aliphatic heterocycles. The Hall–Kier alpha value is -2.85. The number of furan rings is 1. The molecular formula is C19H20F2N4O3S. The number of aryl methyl sites for hydroxylation is 1. The van der Waals surface area contributed by atoms with Crippen LogP contribution in [-0.4, -0.2) is 27.4 Å². The van der Waals surface area contributed by atoms with Gasteiger partial charge in [0.1, 0.15) is 23.1 Å². The summed E-state index contributed by atoms with van der Waals surface area (Å²) in [5.41, 5.74) is 6.31. The lowest BCUT2D eigenvalue weighted by atomic mass is 10.0. The molecule has 1 aromatic carbocycles. The molecule has 3 rings (SSSR count). The third-order valence-electron chi connectivity index (χ3n) is 3.81. The topological polar surface area (TPSA) is 103 Å². The fourth-order valence-corrected chi connectivity index (χ4v) is 3.21. The van der Waals surface area contributed by atoms with Gasteiger partial charge in [-0.15, -0.1) is 0 Å². The van der Waals surface area contributed by atoms with Gasteiger partial charge < -0.3 is 14.9 Å². The fraction of sp³-hybridized carbons (Fsp3) is 0.316.